The van der Waals surface area contributed by atoms with Crippen LogP contribution >= 0.6 is 0 Å². The minimum Gasteiger partial charge on any atom is -0.304 e. The minimum absolute atomic E-state index is 0.477. The van der Waals surface area contributed by atoms with Crippen LogP contribution < -0.4 is 0 Å². The number of imidazole rings is 1. The zero-order chi connectivity index (χ0) is 11.7. The molecule has 1 aromatic heterocycles. The summed E-state index contributed by atoms with van der Waals surface area (Å²) in [7, 11) is 0. The molecule has 16 heavy (non-hydrogen) atoms. The molecule has 0 fully saturated rings. The molecule has 1 aromatic carbocycles. The van der Waals surface area contributed by atoms with Crippen molar-refractivity contribution in [1.82, 2.24) is 9.55 Å². The highest BCUT2D eigenvalue weighted by molar-refractivity contribution is 5.36. The molecule has 84 valence electrons. The van der Waals surface area contributed by atoms with Gasteiger partial charge in [0, 0.05) is 11.9 Å². The minimum atomic E-state index is 0.477. The fraction of sp³-hybridized carbons (Fsp3) is 0.357. The summed E-state index contributed by atoms with van der Waals surface area (Å²) in [4.78, 5) is 4.57. The highest BCUT2D eigenvalue weighted by Gasteiger charge is 2.08. The van der Waals surface area contributed by atoms with E-state index in [-0.39, 0.29) is 0 Å². The largest absolute Gasteiger partial charge is 0.304 e. The third-order valence-electron chi connectivity index (χ3n) is 2.80. The maximum absolute atomic E-state index is 4.57. The van der Waals surface area contributed by atoms with Gasteiger partial charge in [0.1, 0.15) is 5.82 Å². The first kappa shape index (κ1) is 10.9. The van der Waals surface area contributed by atoms with E-state index in [0.717, 1.165) is 11.5 Å². The second-order valence-electron chi connectivity index (χ2n) is 4.57. The van der Waals surface area contributed by atoms with E-state index in [1.54, 1.807) is 0 Å². The van der Waals surface area contributed by atoms with Gasteiger partial charge in [0.25, 0.3) is 0 Å². The van der Waals surface area contributed by atoms with E-state index < -0.39 is 0 Å². The number of hydrogen-bond acceptors (Lipinski definition) is 1. The maximum atomic E-state index is 4.57. The Kier molecular flexibility index (Phi) is 2.82. The van der Waals surface area contributed by atoms with Crippen LogP contribution in [0, 0.1) is 13.8 Å². The Morgan fingerprint density at radius 1 is 1.06 bits per heavy atom. The number of rotatable bonds is 2. The van der Waals surface area contributed by atoms with Crippen molar-refractivity contribution in [1.29, 1.82) is 0 Å². The van der Waals surface area contributed by atoms with E-state index in [9.17, 15) is 0 Å². The van der Waals surface area contributed by atoms with Crippen molar-refractivity contribution in [2.45, 2.75) is 33.6 Å². The van der Waals surface area contributed by atoms with Gasteiger partial charge in [-0.2, -0.15) is 0 Å². The maximum Gasteiger partial charge on any atom is 0.110 e. The van der Waals surface area contributed by atoms with Crippen molar-refractivity contribution in [3.8, 4) is 5.69 Å². The third-order valence-corrected chi connectivity index (χ3v) is 2.80. The highest BCUT2D eigenvalue weighted by Crippen LogP contribution is 2.18. The predicted octanol–water partition coefficient (Wildman–Crippen LogP) is 3.61. The molecule has 0 saturated heterocycles. The first-order valence-electron chi connectivity index (χ1n) is 5.71. The first-order valence-corrected chi connectivity index (χ1v) is 5.71. The lowest BCUT2D eigenvalue weighted by atomic mass is 10.1. The van der Waals surface area contributed by atoms with Crippen molar-refractivity contribution >= 4 is 0 Å². The van der Waals surface area contributed by atoms with E-state index in [4.69, 9.17) is 0 Å². The van der Waals surface area contributed by atoms with Gasteiger partial charge in [0.05, 0.1) is 5.69 Å². The lowest BCUT2D eigenvalue weighted by Crippen LogP contribution is -1.94. The summed E-state index contributed by atoms with van der Waals surface area (Å²) in [6, 6.07) is 8.52. The Balaban J connectivity index is 2.44. The van der Waals surface area contributed by atoms with Gasteiger partial charge in [-0.25, -0.2) is 4.98 Å². The normalized spacial score (nSPS) is 11.1. The third kappa shape index (κ3) is 2.01. The summed E-state index contributed by atoms with van der Waals surface area (Å²) in [6.07, 6.45) is 2.13. The lowest BCUT2D eigenvalue weighted by molar-refractivity contribution is 0.828. The summed E-state index contributed by atoms with van der Waals surface area (Å²) in [5, 5.41) is 0. The molecule has 0 aliphatic heterocycles. The Morgan fingerprint density at radius 2 is 1.69 bits per heavy atom. The topological polar surface area (TPSA) is 17.8 Å². The smallest absolute Gasteiger partial charge is 0.110 e. The van der Waals surface area contributed by atoms with Gasteiger partial charge in [-0.3, -0.25) is 0 Å². The second kappa shape index (κ2) is 4.12. The monoisotopic (exact) mass is 214 g/mol. The van der Waals surface area contributed by atoms with E-state index in [1.807, 2.05) is 6.92 Å². The molecule has 0 aliphatic carbocycles. The molecule has 0 bridgehead atoms. The van der Waals surface area contributed by atoms with E-state index in [2.05, 4.69) is 60.8 Å². The summed E-state index contributed by atoms with van der Waals surface area (Å²) in [5.74, 6) is 1.53. The van der Waals surface area contributed by atoms with Crippen molar-refractivity contribution in [3.05, 3.63) is 47.5 Å². The molecule has 2 heteroatoms. The molecule has 0 saturated carbocycles. The van der Waals surface area contributed by atoms with Crippen LogP contribution in [0.15, 0.2) is 30.5 Å². The SMILES string of the molecule is Cc1ccc(-n2cc(C(C)C)nc2C)cc1. The summed E-state index contributed by atoms with van der Waals surface area (Å²) in [5.41, 5.74) is 3.62. The highest BCUT2D eigenvalue weighted by atomic mass is 15.1. The van der Waals surface area contributed by atoms with E-state index >= 15 is 0 Å². The number of benzene rings is 1. The van der Waals surface area contributed by atoms with Crippen LogP contribution in [0.1, 0.15) is 36.8 Å². The van der Waals surface area contributed by atoms with Crippen molar-refractivity contribution in [2.24, 2.45) is 0 Å². The summed E-state index contributed by atoms with van der Waals surface area (Å²) < 4.78 is 2.15. The average molecular weight is 214 g/mol. The average Bonchev–Trinajstić information content (AvgIpc) is 2.62. The molecule has 0 amide bonds. The van der Waals surface area contributed by atoms with Crippen LogP contribution in [0.25, 0.3) is 5.69 Å². The van der Waals surface area contributed by atoms with Gasteiger partial charge in [0.15, 0.2) is 0 Å². The van der Waals surface area contributed by atoms with Gasteiger partial charge in [0.2, 0.25) is 0 Å². The molecular formula is C14H18N2. The standard InChI is InChI=1S/C14H18N2/c1-10(2)14-9-16(12(4)15-14)13-7-5-11(3)6-8-13/h5-10H,1-4H3. The molecule has 2 rings (SSSR count). The van der Waals surface area contributed by atoms with Gasteiger partial charge in [-0.15, -0.1) is 0 Å². The summed E-state index contributed by atoms with van der Waals surface area (Å²) in [6.45, 7) is 8.48. The molecule has 0 aliphatic rings. The quantitative estimate of drug-likeness (QED) is 0.746. The van der Waals surface area contributed by atoms with E-state index in [0.29, 0.717) is 5.92 Å². The van der Waals surface area contributed by atoms with Crippen LogP contribution in [-0.2, 0) is 0 Å². The molecule has 0 unspecified atom stereocenters. The second-order valence-corrected chi connectivity index (χ2v) is 4.57. The summed E-state index contributed by atoms with van der Waals surface area (Å²) >= 11 is 0. The Labute approximate surface area is 97.0 Å². The van der Waals surface area contributed by atoms with Crippen LogP contribution in [0.3, 0.4) is 0 Å². The van der Waals surface area contributed by atoms with Crippen molar-refractivity contribution < 1.29 is 0 Å². The van der Waals surface area contributed by atoms with Gasteiger partial charge < -0.3 is 4.57 Å². The van der Waals surface area contributed by atoms with Crippen molar-refractivity contribution in [2.75, 3.05) is 0 Å². The van der Waals surface area contributed by atoms with Gasteiger partial charge in [-0.05, 0) is 31.9 Å². The first-order chi connectivity index (χ1) is 7.58. The number of nitrogens with zero attached hydrogens (tertiary/aromatic N) is 2. The number of aromatic nitrogens is 2. The zero-order valence-corrected chi connectivity index (χ0v) is 10.4. The number of hydrogen-bond donors (Lipinski definition) is 0. The van der Waals surface area contributed by atoms with Gasteiger partial charge in [-0.1, -0.05) is 31.5 Å². The Bertz CT molecular complexity index is 478. The van der Waals surface area contributed by atoms with Crippen LogP contribution in [0.4, 0.5) is 0 Å². The lowest BCUT2D eigenvalue weighted by Gasteiger charge is -2.04. The van der Waals surface area contributed by atoms with Crippen molar-refractivity contribution in [3.63, 3.8) is 0 Å². The molecular weight excluding hydrogens is 196 g/mol. The van der Waals surface area contributed by atoms with Crippen LogP contribution in [0.5, 0.6) is 0 Å². The van der Waals surface area contributed by atoms with E-state index in [1.165, 1.54) is 11.3 Å². The molecule has 2 nitrogen and oxygen atoms in total. The molecule has 0 radical (unpaired) electrons. The van der Waals surface area contributed by atoms with Gasteiger partial charge >= 0.3 is 0 Å². The molecule has 0 atom stereocenters. The molecule has 0 N–H and O–H groups in total. The molecule has 2 aromatic rings. The fourth-order valence-electron chi connectivity index (χ4n) is 1.74. The van der Waals surface area contributed by atoms with Crippen LogP contribution in [0.2, 0.25) is 0 Å². The molecule has 0 spiro atoms. The Morgan fingerprint density at radius 3 is 2.19 bits per heavy atom. The number of aryl methyl sites for hydroxylation is 2. The zero-order valence-electron chi connectivity index (χ0n) is 10.4. The Hall–Kier alpha value is -1.57. The molecule has 1 heterocycles. The fourth-order valence-corrected chi connectivity index (χ4v) is 1.74. The van der Waals surface area contributed by atoms with Crippen LogP contribution in [-0.4, -0.2) is 9.55 Å². The predicted molar refractivity (Wildman–Crippen MR) is 67.1 cm³/mol.